The molecule has 0 aliphatic heterocycles. The number of aryl methyl sites for hydroxylation is 1. The third-order valence-corrected chi connectivity index (χ3v) is 2.55. The summed E-state index contributed by atoms with van der Waals surface area (Å²) in [7, 11) is 0. The van der Waals surface area contributed by atoms with Gasteiger partial charge >= 0.3 is 0 Å². The molecule has 1 amide bonds. The lowest BCUT2D eigenvalue weighted by atomic mass is 10.3. The predicted molar refractivity (Wildman–Crippen MR) is 75.3 cm³/mol. The number of nitro benzene ring substituents is 1. The smallest absolute Gasteiger partial charge is 0.270 e. The van der Waals surface area contributed by atoms with Gasteiger partial charge in [-0.3, -0.25) is 20.2 Å². The Labute approximate surface area is 125 Å². The first kappa shape index (κ1) is 15.4. The van der Waals surface area contributed by atoms with E-state index in [0.717, 1.165) is 6.42 Å². The normalized spacial score (nSPS) is 10.2. The molecule has 0 aliphatic rings. The molecule has 0 spiro atoms. The van der Waals surface area contributed by atoms with Gasteiger partial charge in [0.15, 0.2) is 6.61 Å². The van der Waals surface area contributed by atoms with E-state index >= 15 is 0 Å². The first-order chi connectivity index (χ1) is 10.6. The van der Waals surface area contributed by atoms with Crippen LogP contribution >= 0.6 is 0 Å². The van der Waals surface area contributed by atoms with E-state index in [1.54, 1.807) is 0 Å². The van der Waals surface area contributed by atoms with Crippen LogP contribution in [0.1, 0.15) is 13.3 Å². The van der Waals surface area contributed by atoms with Crippen LogP contribution in [-0.2, 0) is 11.3 Å². The zero-order valence-corrected chi connectivity index (χ0v) is 11.8. The van der Waals surface area contributed by atoms with E-state index in [0.29, 0.717) is 12.3 Å². The highest BCUT2D eigenvalue weighted by Crippen LogP contribution is 2.17. The van der Waals surface area contributed by atoms with Gasteiger partial charge in [-0.05, 0) is 23.8 Å². The number of amides is 1. The van der Waals surface area contributed by atoms with Crippen molar-refractivity contribution in [2.75, 3.05) is 11.9 Å². The standard InChI is InChI=1S/C12H14N6O4/c1-2-7-17-15-12(14-16-17)13-11(19)8-22-10-5-3-9(4-6-10)18(20)21/h3-6H,2,7-8H2,1H3,(H,13,15,19). The fraction of sp³-hybridized carbons (Fsp3) is 0.333. The number of hydrogen-bond donors (Lipinski definition) is 1. The molecule has 0 radical (unpaired) electrons. The number of benzene rings is 1. The second-order valence-corrected chi connectivity index (χ2v) is 4.30. The number of aromatic nitrogens is 4. The molecule has 0 saturated heterocycles. The number of hydrogen-bond acceptors (Lipinski definition) is 7. The molecule has 1 aromatic carbocycles. The number of anilines is 1. The number of nitrogens with zero attached hydrogens (tertiary/aromatic N) is 5. The summed E-state index contributed by atoms with van der Waals surface area (Å²) in [5, 5.41) is 24.3. The fourth-order valence-corrected chi connectivity index (χ4v) is 1.56. The third kappa shape index (κ3) is 4.23. The summed E-state index contributed by atoms with van der Waals surface area (Å²) in [5.74, 6) is 0.00324. The molecule has 1 heterocycles. The Morgan fingerprint density at radius 1 is 1.41 bits per heavy atom. The van der Waals surface area contributed by atoms with Gasteiger partial charge in [0, 0.05) is 12.1 Å². The lowest BCUT2D eigenvalue weighted by molar-refractivity contribution is -0.384. The van der Waals surface area contributed by atoms with Crippen LogP contribution in [0.25, 0.3) is 0 Å². The Kier molecular flexibility index (Phi) is 4.96. The molecule has 0 fully saturated rings. The van der Waals surface area contributed by atoms with E-state index in [4.69, 9.17) is 4.74 Å². The molecular formula is C12H14N6O4. The average Bonchev–Trinajstić information content (AvgIpc) is 2.93. The minimum atomic E-state index is -0.512. The number of nitro groups is 1. The molecule has 0 saturated carbocycles. The molecule has 0 bridgehead atoms. The van der Waals surface area contributed by atoms with Gasteiger partial charge in [-0.1, -0.05) is 12.0 Å². The zero-order chi connectivity index (χ0) is 15.9. The molecule has 10 heteroatoms. The minimum absolute atomic E-state index is 0.0476. The topological polar surface area (TPSA) is 125 Å². The Balaban J connectivity index is 1.82. The van der Waals surface area contributed by atoms with Crippen LogP contribution in [-0.4, -0.2) is 37.6 Å². The monoisotopic (exact) mass is 306 g/mol. The van der Waals surface area contributed by atoms with Crippen molar-refractivity contribution in [3.63, 3.8) is 0 Å². The van der Waals surface area contributed by atoms with Gasteiger partial charge in [-0.25, -0.2) is 0 Å². The van der Waals surface area contributed by atoms with Crippen LogP contribution in [0.5, 0.6) is 5.75 Å². The first-order valence-electron chi connectivity index (χ1n) is 6.53. The van der Waals surface area contributed by atoms with E-state index < -0.39 is 10.8 Å². The second kappa shape index (κ2) is 7.11. The number of ether oxygens (including phenoxy) is 1. The maximum atomic E-state index is 11.7. The van der Waals surface area contributed by atoms with E-state index in [1.165, 1.54) is 29.1 Å². The molecule has 0 aliphatic carbocycles. The van der Waals surface area contributed by atoms with Gasteiger partial charge < -0.3 is 4.74 Å². The molecule has 0 unspecified atom stereocenters. The summed E-state index contributed by atoms with van der Waals surface area (Å²) in [6.45, 7) is 2.32. The van der Waals surface area contributed by atoms with Crippen molar-refractivity contribution >= 4 is 17.5 Å². The van der Waals surface area contributed by atoms with Crippen LogP contribution in [0.15, 0.2) is 24.3 Å². The van der Waals surface area contributed by atoms with Crippen LogP contribution in [0.3, 0.4) is 0 Å². The largest absolute Gasteiger partial charge is 0.484 e. The average molecular weight is 306 g/mol. The maximum absolute atomic E-state index is 11.7. The van der Waals surface area contributed by atoms with E-state index in [-0.39, 0.29) is 18.2 Å². The summed E-state index contributed by atoms with van der Waals surface area (Å²) in [6.07, 6.45) is 0.854. The summed E-state index contributed by atoms with van der Waals surface area (Å²) >= 11 is 0. The van der Waals surface area contributed by atoms with Crippen molar-refractivity contribution in [2.24, 2.45) is 0 Å². The quantitative estimate of drug-likeness (QED) is 0.597. The van der Waals surface area contributed by atoms with Crippen molar-refractivity contribution in [3.05, 3.63) is 34.4 Å². The van der Waals surface area contributed by atoms with Crippen molar-refractivity contribution < 1.29 is 14.5 Å². The lowest BCUT2D eigenvalue weighted by Crippen LogP contribution is -2.21. The van der Waals surface area contributed by atoms with Gasteiger partial charge in [0.25, 0.3) is 17.5 Å². The zero-order valence-electron chi connectivity index (χ0n) is 11.8. The number of carbonyl (C=O) groups excluding carboxylic acids is 1. The predicted octanol–water partition coefficient (Wildman–Crippen LogP) is 1.01. The van der Waals surface area contributed by atoms with Crippen molar-refractivity contribution in [3.8, 4) is 5.75 Å². The van der Waals surface area contributed by atoms with Gasteiger partial charge in [0.05, 0.1) is 11.5 Å². The van der Waals surface area contributed by atoms with Crippen molar-refractivity contribution in [1.29, 1.82) is 0 Å². The van der Waals surface area contributed by atoms with Crippen LogP contribution in [0, 0.1) is 10.1 Å². The molecular weight excluding hydrogens is 292 g/mol. The van der Waals surface area contributed by atoms with E-state index in [9.17, 15) is 14.9 Å². The molecule has 2 aromatic rings. The second-order valence-electron chi connectivity index (χ2n) is 4.30. The van der Waals surface area contributed by atoms with E-state index in [2.05, 4.69) is 20.7 Å². The van der Waals surface area contributed by atoms with Gasteiger partial charge in [-0.15, -0.1) is 5.10 Å². The van der Waals surface area contributed by atoms with Gasteiger partial charge in [-0.2, -0.15) is 4.80 Å². The first-order valence-corrected chi connectivity index (χ1v) is 6.53. The fourth-order valence-electron chi connectivity index (χ4n) is 1.56. The molecule has 1 aromatic heterocycles. The Hall–Kier alpha value is -3.04. The van der Waals surface area contributed by atoms with Crippen LogP contribution in [0.2, 0.25) is 0 Å². The number of nitrogens with one attached hydrogen (secondary N) is 1. The van der Waals surface area contributed by atoms with Crippen LogP contribution in [0.4, 0.5) is 11.6 Å². The van der Waals surface area contributed by atoms with Crippen molar-refractivity contribution in [2.45, 2.75) is 19.9 Å². The summed E-state index contributed by atoms with van der Waals surface area (Å²) < 4.78 is 5.21. The number of tetrazole rings is 1. The van der Waals surface area contributed by atoms with Gasteiger partial charge in [0.1, 0.15) is 5.75 Å². The summed E-state index contributed by atoms with van der Waals surface area (Å²) in [6, 6.07) is 5.43. The highest BCUT2D eigenvalue weighted by atomic mass is 16.6. The van der Waals surface area contributed by atoms with E-state index in [1.807, 2.05) is 6.92 Å². The van der Waals surface area contributed by atoms with Crippen LogP contribution < -0.4 is 10.1 Å². The molecule has 116 valence electrons. The molecule has 10 nitrogen and oxygen atoms in total. The summed E-state index contributed by atoms with van der Waals surface area (Å²) in [5.41, 5.74) is -0.0476. The molecule has 0 atom stereocenters. The minimum Gasteiger partial charge on any atom is -0.484 e. The lowest BCUT2D eigenvalue weighted by Gasteiger charge is -2.04. The molecule has 2 rings (SSSR count). The summed E-state index contributed by atoms with van der Waals surface area (Å²) in [4.78, 5) is 23.0. The Morgan fingerprint density at radius 3 is 2.77 bits per heavy atom. The number of rotatable bonds is 7. The number of carbonyl (C=O) groups is 1. The highest BCUT2D eigenvalue weighted by Gasteiger charge is 2.09. The van der Waals surface area contributed by atoms with Crippen molar-refractivity contribution in [1.82, 2.24) is 20.2 Å². The Bertz CT molecular complexity index is 654. The number of non-ortho nitro benzene ring substituents is 1. The third-order valence-electron chi connectivity index (χ3n) is 2.55. The highest BCUT2D eigenvalue weighted by molar-refractivity contribution is 5.90. The van der Waals surface area contributed by atoms with Gasteiger partial charge in [0.2, 0.25) is 0 Å². The Morgan fingerprint density at radius 2 is 2.14 bits per heavy atom. The SMILES string of the molecule is CCCn1nnc(NC(=O)COc2ccc([N+](=O)[O-])cc2)n1. The molecule has 22 heavy (non-hydrogen) atoms. The maximum Gasteiger partial charge on any atom is 0.270 e. The molecule has 1 N–H and O–H groups in total.